The lowest BCUT2D eigenvalue weighted by Crippen LogP contribution is -2.40. The third-order valence-corrected chi connectivity index (χ3v) is 6.82. The molecule has 3 aromatic carbocycles. The van der Waals surface area contributed by atoms with Gasteiger partial charge < -0.3 is 0 Å². The second-order valence-electron chi connectivity index (χ2n) is 7.40. The molecule has 0 aliphatic rings. The number of rotatable bonds is 8. The van der Waals surface area contributed by atoms with Crippen molar-refractivity contribution >= 4 is 45.1 Å². The van der Waals surface area contributed by atoms with Gasteiger partial charge in [-0.15, -0.1) is 0 Å². The summed E-state index contributed by atoms with van der Waals surface area (Å²) in [6.45, 7) is 2.98. The number of halogens is 1. The molecule has 0 aromatic heterocycles. The van der Waals surface area contributed by atoms with E-state index >= 15 is 0 Å². The average molecular weight is 501 g/mol. The van der Waals surface area contributed by atoms with Gasteiger partial charge >= 0.3 is 0 Å². The predicted octanol–water partition coefficient (Wildman–Crippen LogP) is 4.21. The van der Waals surface area contributed by atoms with Crippen LogP contribution in [0.2, 0.25) is 5.02 Å². The Hall–Kier alpha value is -3.76. The summed E-state index contributed by atoms with van der Waals surface area (Å²) >= 11 is 6.02. The summed E-state index contributed by atoms with van der Waals surface area (Å²) in [6, 6.07) is 16.7. The number of benzene rings is 3. The molecule has 0 bridgehead atoms. The van der Waals surface area contributed by atoms with Crippen molar-refractivity contribution in [2.45, 2.75) is 18.7 Å². The number of nitro groups is 1. The van der Waals surface area contributed by atoms with E-state index in [9.17, 15) is 23.3 Å². The maximum Gasteiger partial charge on any atom is 0.270 e. The first-order chi connectivity index (χ1) is 16.1. The van der Waals surface area contributed by atoms with Crippen LogP contribution in [0.15, 0.2) is 76.7 Å². The number of hydrazone groups is 1. The quantitative estimate of drug-likeness (QED) is 0.282. The third-order valence-electron chi connectivity index (χ3n) is 4.81. The van der Waals surface area contributed by atoms with Gasteiger partial charge in [-0.25, -0.2) is 13.8 Å². The van der Waals surface area contributed by atoms with E-state index in [4.69, 9.17) is 11.6 Å². The molecular formula is C23H21ClN4O5S. The van der Waals surface area contributed by atoms with E-state index in [2.05, 4.69) is 10.5 Å². The molecule has 0 radical (unpaired) electrons. The van der Waals surface area contributed by atoms with Gasteiger partial charge in [0, 0.05) is 22.7 Å². The molecule has 11 heteroatoms. The second-order valence-corrected chi connectivity index (χ2v) is 9.70. The van der Waals surface area contributed by atoms with Gasteiger partial charge in [0.25, 0.3) is 21.6 Å². The first-order valence-electron chi connectivity index (χ1n) is 10.00. The number of carbonyl (C=O) groups is 1. The number of hydrogen-bond donors (Lipinski definition) is 1. The fourth-order valence-electron chi connectivity index (χ4n) is 3.10. The molecule has 0 unspecified atom stereocenters. The molecule has 3 rings (SSSR count). The molecule has 0 aliphatic carbocycles. The van der Waals surface area contributed by atoms with Gasteiger partial charge in [0.05, 0.1) is 21.7 Å². The maximum atomic E-state index is 13.4. The molecule has 0 saturated heterocycles. The normalized spacial score (nSPS) is 11.4. The molecule has 1 N–H and O–H groups in total. The fraction of sp³-hybridized carbons (Fsp3) is 0.130. The van der Waals surface area contributed by atoms with Crippen LogP contribution >= 0.6 is 11.6 Å². The molecule has 0 atom stereocenters. The van der Waals surface area contributed by atoms with Gasteiger partial charge in [0.15, 0.2) is 0 Å². The Bertz CT molecular complexity index is 1360. The lowest BCUT2D eigenvalue weighted by atomic mass is 10.2. The number of aryl methyl sites for hydroxylation is 2. The van der Waals surface area contributed by atoms with Crippen LogP contribution < -0.4 is 9.73 Å². The first kappa shape index (κ1) is 24.9. The summed E-state index contributed by atoms with van der Waals surface area (Å²) in [4.78, 5) is 23.0. The van der Waals surface area contributed by atoms with E-state index < -0.39 is 27.4 Å². The van der Waals surface area contributed by atoms with Crippen LogP contribution in [0.1, 0.15) is 16.7 Å². The molecule has 9 nitrogen and oxygen atoms in total. The van der Waals surface area contributed by atoms with Crippen LogP contribution in [0.3, 0.4) is 0 Å². The molecule has 0 saturated carbocycles. The van der Waals surface area contributed by atoms with Gasteiger partial charge in [-0.05, 0) is 49.7 Å². The number of sulfonamides is 1. The van der Waals surface area contributed by atoms with Gasteiger partial charge in [0.2, 0.25) is 0 Å². The van der Waals surface area contributed by atoms with Gasteiger partial charge in [-0.3, -0.25) is 19.2 Å². The molecule has 34 heavy (non-hydrogen) atoms. The van der Waals surface area contributed by atoms with Crippen LogP contribution in [-0.4, -0.2) is 32.0 Å². The molecule has 0 spiro atoms. The van der Waals surface area contributed by atoms with Gasteiger partial charge in [0.1, 0.15) is 6.54 Å². The summed E-state index contributed by atoms with van der Waals surface area (Å²) in [6.07, 6.45) is 1.23. The lowest BCUT2D eigenvalue weighted by molar-refractivity contribution is -0.384. The number of amides is 1. The van der Waals surface area contributed by atoms with E-state index in [1.807, 2.05) is 6.92 Å². The Morgan fingerprint density at radius 2 is 1.82 bits per heavy atom. The highest BCUT2D eigenvalue weighted by Crippen LogP contribution is 2.29. The minimum absolute atomic E-state index is 0.0281. The molecule has 176 valence electrons. The Labute approximate surface area is 201 Å². The molecule has 3 aromatic rings. The molecule has 0 fully saturated rings. The van der Waals surface area contributed by atoms with Crippen molar-refractivity contribution in [2.75, 3.05) is 10.8 Å². The fourth-order valence-corrected chi connectivity index (χ4v) is 4.81. The summed E-state index contributed by atoms with van der Waals surface area (Å²) < 4.78 is 27.8. The van der Waals surface area contributed by atoms with E-state index in [1.165, 1.54) is 42.6 Å². The summed E-state index contributed by atoms with van der Waals surface area (Å²) in [5.74, 6) is -0.702. The van der Waals surface area contributed by atoms with Crippen molar-refractivity contribution in [3.63, 3.8) is 0 Å². The molecule has 1 amide bonds. The smallest absolute Gasteiger partial charge is 0.270 e. The number of non-ortho nitro benzene ring substituents is 1. The number of hydrogen-bond acceptors (Lipinski definition) is 6. The maximum absolute atomic E-state index is 13.4. The van der Waals surface area contributed by atoms with E-state index in [0.717, 1.165) is 9.87 Å². The van der Waals surface area contributed by atoms with Crippen LogP contribution in [0.5, 0.6) is 0 Å². The zero-order chi connectivity index (χ0) is 24.9. The summed E-state index contributed by atoms with van der Waals surface area (Å²) in [7, 11) is -4.09. The van der Waals surface area contributed by atoms with E-state index in [-0.39, 0.29) is 10.6 Å². The number of nitrogens with one attached hydrogen (secondary N) is 1. The molecular weight excluding hydrogens is 480 g/mol. The second kappa shape index (κ2) is 10.4. The van der Waals surface area contributed by atoms with Crippen LogP contribution in [0, 0.1) is 24.0 Å². The Balaban J connectivity index is 1.87. The lowest BCUT2D eigenvalue weighted by Gasteiger charge is -2.25. The monoisotopic (exact) mass is 500 g/mol. The highest BCUT2D eigenvalue weighted by atomic mass is 35.5. The SMILES string of the molecule is Cc1ccc(S(=O)(=O)N(CC(=O)N/N=C/c2cccc([N+](=O)[O-])c2)c2ccc(Cl)cc2C)cc1. The standard InChI is InChI=1S/C23H21ClN4O5S/c1-16-6-9-21(10-7-16)34(32,33)27(22-11-8-19(24)12-17(22)2)15-23(29)26-25-14-18-4-3-5-20(13-18)28(30)31/h3-14H,15H2,1-2H3,(H,26,29)/b25-14+. The zero-order valence-electron chi connectivity index (χ0n) is 18.3. The summed E-state index contributed by atoms with van der Waals surface area (Å²) in [5.41, 5.74) is 4.30. The van der Waals surface area contributed by atoms with Gasteiger partial charge in [-0.2, -0.15) is 5.10 Å². The van der Waals surface area contributed by atoms with Crippen molar-refractivity contribution in [3.8, 4) is 0 Å². The van der Waals surface area contributed by atoms with Crippen molar-refractivity contribution in [1.82, 2.24) is 5.43 Å². The number of nitrogens with zero attached hydrogens (tertiary/aromatic N) is 3. The minimum Gasteiger partial charge on any atom is -0.271 e. The zero-order valence-corrected chi connectivity index (χ0v) is 19.9. The van der Waals surface area contributed by atoms with Crippen molar-refractivity contribution in [2.24, 2.45) is 5.10 Å². The third kappa shape index (κ3) is 5.97. The Morgan fingerprint density at radius 1 is 1.12 bits per heavy atom. The van der Waals surface area contributed by atoms with E-state index in [1.54, 1.807) is 37.3 Å². The minimum atomic E-state index is -4.09. The number of nitro benzene ring substituents is 1. The van der Waals surface area contributed by atoms with Crippen molar-refractivity contribution < 1.29 is 18.1 Å². The largest absolute Gasteiger partial charge is 0.271 e. The van der Waals surface area contributed by atoms with Crippen molar-refractivity contribution in [1.29, 1.82) is 0 Å². The van der Waals surface area contributed by atoms with Crippen LogP contribution in [0.4, 0.5) is 11.4 Å². The van der Waals surface area contributed by atoms with Crippen LogP contribution in [0.25, 0.3) is 0 Å². The van der Waals surface area contributed by atoms with E-state index in [0.29, 0.717) is 21.8 Å². The van der Waals surface area contributed by atoms with Crippen LogP contribution in [-0.2, 0) is 14.8 Å². The highest BCUT2D eigenvalue weighted by Gasteiger charge is 2.28. The topological polar surface area (TPSA) is 122 Å². The highest BCUT2D eigenvalue weighted by molar-refractivity contribution is 7.92. The first-order valence-corrected chi connectivity index (χ1v) is 11.8. The van der Waals surface area contributed by atoms with Crippen molar-refractivity contribution in [3.05, 3.63) is 98.6 Å². The number of carbonyl (C=O) groups excluding carboxylic acids is 1. The average Bonchev–Trinajstić information content (AvgIpc) is 2.78. The Morgan fingerprint density at radius 3 is 2.47 bits per heavy atom. The Kier molecular flexibility index (Phi) is 7.64. The number of anilines is 1. The molecule has 0 aliphatic heterocycles. The predicted molar refractivity (Wildman–Crippen MR) is 131 cm³/mol. The van der Waals surface area contributed by atoms with Gasteiger partial charge in [-0.1, -0.05) is 41.4 Å². The summed E-state index contributed by atoms with van der Waals surface area (Å²) in [5, 5.41) is 15.1. The molecule has 0 heterocycles.